The van der Waals surface area contributed by atoms with E-state index in [0.29, 0.717) is 0 Å². The van der Waals surface area contributed by atoms with Crippen LogP contribution in [0.4, 0.5) is 0 Å². The van der Waals surface area contributed by atoms with E-state index >= 15 is 0 Å². The normalized spacial score (nSPS) is 11.7. The molecule has 0 radical (unpaired) electrons. The summed E-state index contributed by atoms with van der Waals surface area (Å²) in [7, 11) is 0. The predicted octanol–water partition coefficient (Wildman–Crippen LogP) is 3.31. The summed E-state index contributed by atoms with van der Waals surface area (Å²) in [6, 6.07) is 8.17. The van der Waals surface area contributed by atoms with Gasteiger partial charge in [-0.15, -0.1) is 0 Å². The highest BCUT2D eigenvalue weighted by Gasteiger charge is 2.02. The molecule has 1 aromatic carbocycles. The summed E-state index contributed by atoms with van der Waals surface area (Å²) in [6.07, 6.45) is 1.24. The van der Waals surface area contributed by atoms with E-state index in [1.807, 2.05) is 30.0 Å². The first-order chi connectivity index (χ1) is 8.27. The molecule has 1 unspecified atom stereocenters. The lowest BCUT2D eigenvalue weighted by molar-refractivity contribution is 0.350. The van der Waals surface area contributed by atoms with Crippen LogP contribution in [0.2, 0.25) is 0 Å². The van der Waals surface area contributed by atoms with Gasteiger partial charge in [-0.2, -0.15) is 11.8 Å². The molecule has 1 aromatic rings. The van der Waals surface area contributed by atoms with E-state index in [4.69, 9.17) is 5.11 Å². The van der Waals surface area contributed by atoms with E-state index in [1.54, 1.807) is 0 Å². The van der Waals surface area contributed by atoms with Crippen molar-refractivity contribution in [2.24, 2.45) is 5.92 Å². The van der Waals surface area contributed by atoms with E-state index in [9.17, 15) is 0 Å². The Morgan fingerprint density at radius 3 is 2.82 bits per heavy atom. The van der Waals surface area contributed by atoms with Gasteiger partial charge in [0.2, 0.25) is 0 Å². The number of aliphatic hydroxyl groups excluding tert-OH is 1. The van der Waals surface area contributed by atoms with Crippen molar-refractivity contribution >= 4 is 11.8 Å². The van der Waals surface area contributed by atoms with Gasteiger partial charge < -0.3 is 5.11 Å². The fourth-order valence-corrected chi connectivity index (χ4v) is 2.62. The topological polar surface area (TPSA) is 20.2 Å². The van der Waals surface area contributed by atoms with Crippen LogP contribution in [0, 0.1) is 17.8 Å². The van der Waals surface area contributed by atoms with Crippen LogP contribution in [0.3, 0.4) is 0 Å². The van der Waals surface area contributed by atoms with Gasteiger partial charge in [0.05, 0.1) is 0 Å². The van der Waals surface area contributed by atoms with Gasteiger partial charge in [0.25, 0.3) is 0 Å². The molecule has 0 saturated carbocycles. The third-order valence-electron chi connectivity index (χ3n) is 2.68. The average molecular weight is 248 g/mol. The van der Waals surface area contributed by atoms with Crippen LogP contribution in [0.1, 0.15) is 31.4 Å². The lowest BCUT2D eigenvalue weighted by Gasteiger charge is -2.08. The molecule has 0 aliphatic carbocycles. The Morgan fingerprint density at radius 1 is 1.35 bits per heavy atom. The average Bonchev–Trinajstić information content (AvgIpc) is 2.37. The highest BCUT2D eigenvalue weighted by molar-refractivity contribution is 7.98. The summed E-state index contributed by atoms with van der Waals surface area (Å²) in [5.74, 6) is 8.68. The second-order valence-corrected chi connectivity index (χ2v) is 5.18. The van der Waals surface area contributed by atoms with Crippen LogP contribution in [-0.2, 0) is 5.75 Å². The zero-order valence-electron chi connectivity index (χ0n) is 10.6. The lowest BCUT2D eigenvalue weighted by atomic mass is 10.1. The quantitative estimate of drug-likeness (QED) is 0.807. The molecule has 0 aliphatic rings. The lowest BCUT2D eigenvalue weighted by Crippen LogP contribution is -1.96. The van der Waals surface area contributed by atoms with Crippen molar-refractivity contribution in [2.75, 3.05) is 12.4 Å². The standard InChI is InChI=1S/C15H20OS/c1-3-13(2)11-17-12-15-8-5-4-7-14(15)9-6-10-16/h4-5,7-8,13,16H,3,10-12H2,1-2H3. The van der Waals surface area contributed by atoms with E-state index in [0.717, 1.165) is 17.2 Å². The molecule has 0 saturated heterocycles. The smallest absolute Gasteiger partial charge is 0.104 e. The maximum Gasteiger partial charge on any atom is 0.104 e. The Hall–Kier alpha value is -0.910. The number of aliphatic hydroxyl groups is 1. The SMILES string of the molecule is CCC(C)CSCc1ccccc1C#CCO. The van der Waals surface area contributed by atoms with Crippen molar-refractivity contribution in [1.82, 2.24) is 0 Å². The Kier molecular flexibility index (Phi) is 6.84. The summed E-state index contributed by atoms with van der Waals surface area (Å²) >= 11 is 1.96. The molecule has 0 amide bonds. The molecule has 1 atom stereocenters. The molecule has 0 heterocycles. The van der Waals surface area contributed by atoms with Crippen molar-refractivity contribution in [3.05, 3.63) is 35.4 Å². The van der Waals surface area contributed by atoms with Gasteiger partial charge in [-0.1, -0.05) is 50.3 Å². The molecule has 1 N–H and O–H groups in total. The first-order valence-electron chi connectivity index (χ1n) is 6.03. The van der Waals surface area contributed by atoms with Crippen LogP contribution in [-0.4, -0.2) is 17.5 Å². The van der Waals surface area contributed by atoms with Gasteiger partial charge >= 0.3 is 0 Å². The Balaban J connectivity index is 2.58. The first kappa shape index (κ1) is 14.2. The molecule has 0 spiro atoms. The van der Waals surface area contributed by atoms with Crippen LogP contribution >= 0.6 is 11.8 Å². The van der Waals surface area contributed by atoms with Crippen molar-refractivity contribution in [3.8, 4) is 11.8 Å². The number of benzene rings is 1. The third kappa shape index (κ3) is 5.30. The summed E-state index contributed by atoms with van der Waals surface area (Å²) < 4.78 is 0. The number of hydrogen-bond donors (Lipinski definition) is 1. The Morgan fingerprint density at radius 2 is 2.12 bits per heavy atom. The van der Waals surface area contributed by atoms with Gasteiger partial charge in [-0.25, -0.2) is 0 Å². The van der Waals surface area contributed by atoms with Crippen molar-refractivity contribution < 1.29 is 5.11 Å². The minimum atomic E-state index is -0.0751. The van der Waals surface area contributed by atoms with Crippen LogP contribution in [0.5, 0.6) is 0 Å². The molecule has 0 fully saturated rings. The minimum absolute atomic E-state index is 0.0751. The molecular weight excluding hydrogens is 228 g/mol. The molecule has 1 rings (SSSR count). The fourth-order valence-electron chi connectivity index (χ4n) is 1.39. The highest BCUT2D eigenvalue weighted by atomic mass is 32.2. The third-order valence-corrected chi connectivity index (χ3v) is 4.00. The second-order valence-electron chi connectivity index (χ2n) is 4.15. The molecule has 92 valence electrons. The van der Waals surface area contributed by atoms with Crippen molar-refractivity contribution in [1.29, 1.82) is 0 Å². The summed E-state index contributed by atoms with van der Waals surface area (Å²) in [4.78, 5) is 0. The highest BCUT2D eigenvalue weighted by Crippen LogP contribution is 2.19. The zero-order chi connectivity index (χ0) is 12.5. The summed E-state index contributed by atoms with van der Waals surface area (Å²) in [6.45, 7) is 4.44. The molecule has 0 aliphatic heterocycles. The second kappa shape index (κ2) is 8.22. The van der Waals surface area contributed by atoms with Crippen LogP contribution in [0.15, 0.2) is 24.3 Å². The first-order valence-corrected chi connectivity index (χ1v) is 7.18. The maximum absolute atomic E-state index is 8.72. The molecule has 2 heteroatoms. The van der Waals surface area contributed by atoms with Crippen LogP contribution in [0.25, 0.3) is 0 Å². The van der Waals surface area contributed by atoms with Gasteiger partial charge in [0.1, 0.15) is 6.61 Å². The maximum atomic E-state index is 8.72. The Labute approximate surface area is 109 Å². The van der Waals surface area contributed by atoms with Gasteiger partial charge in [0, 0.05) is 11.3 Å². The number of hydrogen-bond acceptors (Lipinski definition) is 2. The summed E-state index contributed by atoms with van der Waals surface area (Å²) in [5.41, 5.74) is 2.31. The summed E-state index contributed by atoms with van der Waals surface area (Å²) in [5, 5.41) is 8.72. The van der Waals surface area contributed by atoms with Gasteiger partial charge in [0.15, 0.2) is 0 Å². The minimum Gasteiger partial charge on any atom is -0.384 e. The Bertz CT molecular complexity index is 389. The van der Waals surface area contributed by atoms with Gasteiger partial charge in [-0.05, 0) is 23.3 Å². The number of thioether (sulfide) groups is 1. The van der Waals surface area contributed by atoms with Crippen molar-refractivity contribution in [2.45, 2.75) is 26.0 Å². The van der Waals surface area contributed by atoms with E-state index in [2.05, 4.69) is 31.8 Å². The molecule has 0 bridgehead atoms. The molecule has 0 aromatic heterocycles. The molecule has 1 nitrogen and oxygen atoms in total. The van der Waals surface area contributed by atoms with E-state index in [-0.39, 0.29) is 6.61 Å². The van der Waals surface area contributed by atoms with E-state index in [1.165, 1.54) is 17.7 Å². The monoisotopic (exact) mass is 248 g/mol. The molecule has 17 heavy (non-hydrogen) atoms. The van der Waals surface area contributed by atoms with E-state index < -0.39 is 0 Å². The molecular formula is C15H20OS. The van der Waals surface area contributed by atoms with Crippen LogP contribution < -0.4 is 0 Å². The van der Waals surface area contributed by atoms with Crippen molar-refractivity contribution in [3.63, 3.8) is 0 Å². The predicted molar refractivity (Wildman–Crippen MR) is 76.0 cm³/mol. The fraction of sp³-hybridized carbons (Fsp3) is 0.467. The van der Waals surface area contributed by atoms with Gasteiger partial charge in [-0.3, -0.25) is 0 Å². The largest absolute Gasteiger partial charge is 0.384 e. The zero-order valence-corrected chi connectivity index (χ0v) is 11.4. The number of rotatable bonds is 5.